The van der Waals surface area contributed by atoms with E-state index < -0.39 is 5.97 Å². The van der Waals surface area contributed by atoms with E-state index >= 15 is 0 Å². The molecule has 0 saturated carbocycles. The van der Waals surface area contributed by atoms with Crippen molar-refractivity contribution in [3.8, 4) is 0 Å². The molecule has 0 aromatic heterocycles. The Hall–Kier alpha value is 0.170. The minimum absolute atomic E-state index is 0.00441. The number of halogens is 1. The highest BCUT2D eigenvalue weighted by Crippen LogP contribution is 2.33. The Bertz CT molecular complexity index is 156. The molecule has 3 nitrogen and oxygen atoms in total. The van der Waals surface area contributed by atoms with E-state index in [9.17, 15) is 0 Å². The van der Waals surface area contributed by atoms with E-state index in [4.69, 9.17) is 25.8 Å². The second-order valence-electron chi connectivity index (χ2n) is 3.19. The predicted octanol–water partition coefficient (Wildman–Crippen LogP) is 1.49. The van der Waals surface area contributed by atoms with Crippen molar-refractivity contribution in [2.45, 2.75) is 31.3 Å². The van der Waals surface area contributed by atoms with Gasteiger partial charge in [-0.05, 0) is 12.8 Å². The van der Waals surface area contributed by atoms with Gasteiger partial charge in [-0.25, -0.2) is 0 Å². The number of rotatable bonds is 1. The molecule has 0 amide bonds. The smallest absolute Gasteiger partial charge is 0.283 e. The van der Waals surface area contributed by atoms with E-state index in [0.29, 0.717) is 12.5 Å². The molecule has 0 bridgehead atoms. The highest BCUT2D eigenvalue weighted by atomic mass is 35.5. The molecule has 2 saturated heterocycles. The molecule has 2 aliphatic rings. The molecule has 0 radical (unpaired) electrons. The Balaban J connectivity index is 1.94. The van der Waals surface area contributed by atoms with Gasteiger partial charge in [0.15, 0.2) is 0 Å². The van der Waals surface area contributed by atoms with Crippen LogP contribution in [0.3, 0.4) is 0 Å². The van der Waals surface area contributed by atoms with Crippen molar-refractivity contribution in [3.05, 3.63) is 0 Å². The highest BCUT2D eigenvalue weighted by Gasteiger charge is 2.43. The molecule has 0 aromatic carbocycles. The predicted molar refractivity (Wildman–Crippen MR) is 44.1 cm³/mol. The lowest BCUT2D eigenvalue weighted by molar-refractivity contribution is -0.350. The van der Waals surface area contributed by atoms with Gasteiger partial charge in [0.2, 0.25) is 0 Å². The first-order valence-corrected chi connectivity index (χ1v) is 4.90. The molecule has 70 valence electrons. The van der Waals surface area contributed by atoms with Crippen molar-refractivity contribution in [1.82, 2.24) is 0 Å². The van der Waals surface area contributed by atoms with Crippen LogP contribution < -0.4 is 0 Å². The van der Waals surface area contributed by atoms with Crippen LogP contribution in [0.1, 0.15) is 19.3 Å². The van der Waals surface area contributed by atoms with Gasteiger partial charge in [0.1, 0.15) is 6.10 Å². The molecule has 2 fully saturated rings. The van der Waals surface area contributed by atoms with Crippen LogP contribution in [0, 0.1) is 0 Å². The Labute approximate surface area is 76.9 Å². The minimum Gasteiger partial charge on any atom is -0.327 e. The summed E-state index contributed by atoms with van der Waals surface area (Å²) in [6.07, 6.45) is 3.04. The van der Waals surface area contributed by atoms with Gasteiger partial charge in [-0.2, -0.15) is 0 Å². The Morgan fingerprint density at radius 2 is 2.25 bits per heavy atom. The van der Waals surface area contributed by atoms with Crippen molar-refractivity contribution < 1.29 is 14.2 Å². The first-order valence-electron chi connectivity index (χ1n) is 4.36. The molecule has 2 aliphatic heterocycles. The second kappa shape index (κ2) is 3.50. The molecule has 0 aliphatic carbocycles. The van der Waals surface area contributed by atoms with Crippen LogP contribution in [0.15, 0.2) is 0 Å². The van der Waals surface area contributed by atoms with E-state index in [-0.39, 0.29) is 6.10 Å². The van der Waals surface area contributed by atoms with E-state index in [1.165, 1.54) is 0 Å². The quantitative estimate of drug-likeness (QED) is 0.590. The molecule has 2 heterocycles. The molecule has 2 atom stereocenters. The summed E-state index contributed by atoms with van der Waals surface area (Å²) in [7, 11) is 0. The third kappa shape index (κ3) is 1.59. The standard InChI is InChI=1S/C8H13ClO3/c9-5-7-6-11-8(12-7)3-1-2-4-10-8/h7H,1-6H2. The second-order valence-corrected chi connectivity index (χ2v) is 3.50. The molecule has 0 aromatic rings. The van der Waals surface area contributed by atoms with Gasteiger partial charge in [-0.3, -0.25) is 0 Å². The lowest BCUT2D eigenvalue weighted by Gasteiger charge is -2.31. The lowest BCUT2D eigenvalue weighted by Crippen LogP contribution is -2.37. The third-order valence-electron chi connectivity index (χ3n) is 2.21. The van der Waals surface area contributed by atoms with E-state index in [0.717, 1.165) is 25.9 Å². The third-order valence-corrected chi connectivity index (χ3v) is 2.55. The average Bonchev–Trinajstić information content (AvgIpc) is 2.50. The first kappa shape index (κ1) is 8.75. The van der Waals surface area contributed by atoms with Gasteiger partial charge < -0.3 is 14.2 Å². The molecule has 4 heteroatoms. The monoisotopic (exact) mass is 192 g/mol. The van der Waals surface area contributed by atoms with Crippen molar-refractivity contribution in [2.75, 3.05) is 19.1 Å². The van der Waals surface area contributed by atoms with Gasteiger partial charge in [0, 0.05) is 6.42 Å². The number of alkyl halides is 1. The van der Waals surface area contributed by atoms with E-state index in [1.54, 1.807) is 0 Å². The molecular formula is C8H13ClO3. The Kier molecular flexibility index (Phi) is 2.55. The lowest BCUT2D eigenvalue weighted by atomic mass is 10.2. The van der Waals surface area contributed by atoms with Crippen LogP contribution in [-0.4, -0.2) is 31.2 Å². The zero-order chi connectivity index (χ0) is 8.44. The molecule has 0 N–H and O–H groups in total. The minimum atomic E-state index is -0.738. The molecule has 1 spiro atoms. The molecular weight excluding hydrogens is 180 g/mol. The van der Waals surface area contributed by atoms with E-state index in [1.807, 2.05) is 0 Å². The SMILES string of the molecule is ClCC1COC2(CCCCO2)O1. The fourth-order valence-corrected chi connectivity index (χ4v) is 1.72. The summed E-state index contributed by atoms with van der Waals surface area (Å²) in [6.45, 7) is 1.29. The van der Waals surface area contributed by atoms with Crippen molar-refractivity contribution in [2.24, 2.45) is 0 Å². The maximum atomic E-state index is 5.65. The summed E-state index contributed by atoms with van der Waals surface area (Å²) < 4.78 is 16.5. The van der Waals surface area contributed by atoms with Crippen molar-refractivity contribution >= 4 is 11.6 Å². The topological polar surface area (TPSA) is 27.7 Å². The zero-order valence-electron chi connectivity index (χ0n) is 6.92. The summed E-state index contributed by atoms with van der Waals surface area (Å²) in [4.78, 5) is 0. The van der Waals surface area contributed by atoms with Gasteiger partial charge >= 0.3 is 0 Å². The maximum Gasteiger partial charge on any atom is 0.283 e. The average molecular weight is 193 g/mol. The normalized spacial score (nSPS) is 42.2. The number of hydrogen-bond donors (Lipinski definition) is 0. The van der Waals surface area contributed by atoms with Crippen LogP contribution in [0.5, 0.6) is 0 Å². The summed E-state index contributed by atoms with van der Waals surface area (Å²) in [6, 6.07) is 0. The van der Waals surface area contributed by atoms with Crippen LogP contribution in [0.4, 0.5) is 0 Å². The van der Waals surface area contributed by atoms with Gasteiger partial charge in [0.25, 0.3) is 5.97 Å². The largest absolute Gasteiger partial charge is 0.327 e. The van der Waals surface area contributed by atoms with Crippen LogP contribution >= 0.6 is 11.6 Å². The summed E-state index contributed by atoms with van der Waals surface area (Å²) in [5, 5.41) is 0. The summed E-state index contributed by atoms with van der Waals surface area (Å²) in [5.41, 5.74) is 0. The summed E-state index contributed by atoms with van der Waals surface area (Å²) in [5.74, 6) is -0.261. The first-order chi connectivity index (χ1) is 5.85. The van der Waals surface area contributed by atoms with Crippen molar-refractivity contribution in [1.29, 1.82) is 0 Å². The molecule has 12 heavy (non-hydrogen) atoms. The van der Waals surface area contributed by atoms with Gasteiger partial charge in [-0.1, -0.05) is 0 Å². The fourth-order valence-electron chi connectivity index (χ4n) is 1.57. The molecule has 2 unspecified atom stereocenters. The number of ether oxygens (including phenoxy) is 3. The fraction of sp³-hybridized carbons (Fsp3) is 1.00. The molecule has 2 rings (SSSR count). The summed E-state index contributed by atoms with van der Waals surface area (Å²) >= 11 is 5.65. The highest BCUT2D eigenvalue weighted by molar-refractivity contribution is 6.18. The Morgan fingerprint density at radius 1 is 1.33 bits per heavy atom. The van der Waals surface area contributed by atoms with Crippen LogP contribution in [0.25, 0.3) is 0 Å². The van der Waals surface area contributed by atoms with E-state index in [2.05, 4.69) is 0 Å². The van der Waals surface area contributed by atoms with Gasteiger partial charge in [-0.15, -0.1) is 11.6 Å². The maximum absolute atomic E-state index is 5.65. The number of hydrogen-bond acceptors (Lipinski definition) is 3. The van der Waals surface area contributed by atoms with Gasteiger partial charge in [0.05, 0.1) is 19.1 Å². The zero-order valence-corrected chi connectivity index (χ0v) is 7.68. The van der Waals surface area contributed by atoms with Crippen LogP contribution in [0.2, 0.25) is 0 Å². The van der Waals surface area contributed by atoms with Crippen LogP contribution in [-0.2, 0) is 14.2 Å². The van der Waals surface area contributed by atoms with Crippen molar-refractivity contribution in [3.63, 3.8) is 0 Å². The Morgan fingerprint density at radius 3 is 2.83 bits per heavy atom.